The molecule has 0 atom stereocenters. The SMILES string of the molecule is Cc1cc2nc(N(Cc3ccccc3)C(=O)c3cc(=O)c4ccccc4o3)sc2cc1C. The van der Waals surface area contributed by atoms with Gasteiger partial charge in [-0.3, -0.25) is 14.5 Å². The minimum atomic E-state index is -0.399. The lowest BCUT2D eigenvalue weighted by molar-refractivity contribution is 0.0959. The summed E-state index contributed by atoms with van der Waals surface area (Å²) in [5.74, 6) is -0.402. The Bertz CT molecular complexity index is 1480. The van der Waals surface area contributed by atoms with Gasteiger partial charge in [-0.15, -0.1) is 0 Å². The van der Waals surface area contributed by atoms with E-state index in [1.807, 2.05) is 43.3 Å². The molecule has 3 aromatic carbocycles. The van der Waals surface area contributed by atoms with Crippen LogP contribution >= 0.6 is 11.3 Å². The van der Waals surface area contributed by atoms with E-state index in [1.54, 1.807) is 29.2 Å². The fraction of sp³-hybridized carbons (Fsp3) is 0.115. The molecule has 158 valence electrons. The van der Waals surface area contributed by atoms with Crippen LogP contribution in [0.4, 0.5) is 5.13 Å². The number of anilines is 1. The Morgan fingerprint density at radius 3 is 2.50 bits per heavy atom. The molecule has 0 spiro atoms. The van der Waals surface area contributed by atoms with Gasteiger partial charge in [0.05, 0.1) is 22.1 Å². The molecule has 0 aliphatic rings. The maximum absolute atomic E-state index is 13.6. The van der Waals surface area contributed by atoms with E-state index in [4.69, 9.17) is 9.40 Å². The maximum Gasteiger partial charge on any atom is 0.296 e. The molecule has 32 heavy (non-hydrogen) atoms. The number of aryl methyl sites for hydroxylation is 2. The van der Waals surface area contributed by atoms with E-state index in [0.717, 1.165) is 21.3 Å². The van der Waals surface area contributed by atoms with Crippen molar-refractivity contribution >= 4 is 43.6 Å². The van der Waals surface area contributed by atoms with Crippen LogP contribution in [0.15, 0.2) is 82.0 Å². The summed E-state index contributed by atoms with van der Waals surface area (Å²) >= 11 is 1.45. The summed E-state index contributed by atoms with van der Waals surface area (Å²) < 4.78 is 6.85. The van der Waals surface area contributed by atoms with Gasteiger partial charge in [-0.25, -0.2) is 4.98 Å². The molecule has 2 aromatic heterocycles. The summed E-state index contributed by atoms with van der Waals surface area (Å²) in [4.78, 5) is 32.5. The Labute approximate surface area is 188 Å². The number of benzene rings is 3. The predicted molar refractivity (Wildman–Crippen MR) is 129 cm³/mol. The van der Waals surface area contributed by atoms with Crippen molar-refractivity contribution in [2.45, 2.75) is 20.4 Å². The molecule has 5 nitrogen and oxygen atoms in total. The predicted octanol–water partition coefficient (Wildman–Crippen LogP) is 5.87. The average Bonchev–Trinajstić information content (AvgIpc) is 3.20. The molecule has 0 aliphatic heterocycles. The van der Waals surface area contributed by atoms with Crippen molar-refractivity contribution in [3.8, 4) is 0 Å². The third-order valence-corrected chi connectivity index (χ3v) is 6.54. The van der Waals surface area contributed by atoms with Crippen molar-refractivity contribution in [3.63, 3.8) is 0 Å². The smallest absolute Gasteiger partial charge is 0.296 e. The van der Waals surface area contributed by atoms with Crippen LogP contribution in [0.3, 0.4) is 0 Å². The van der Waals surface area contributed by atoms with Gasteiger partial charge in [0.15, 0.2) is 16.3 Å². The van der Waals surface area contributed by atoms with Gasteiger partial charge in [0, 0.05) is 6.07 Å². The number of hydrogen-bond acceptors (Lipinski definition) is 5. The second-order valence-electron chi connectivity index (χ2n) is 7.75. The third-order valence-electron chi connectivity index (χ3n) is 5.50. The number of carbonyl (C=O) groups excluding carboxylic acids is 1. The number of aromatic nitrogens is 1. The Morgan fingerprint density at radius 2 is 1.69 bits per heavy atom. The van der Waals surface area contributed by atoms with Crippen LogP contribution in [0.25, 0.3) is 21.2 Å². The highest BCUT2D eigenvalue weighted by molar-refractivity contribution is 7.22. The molecule has 5 aromatic rings. The van der Waals surface area contributed by atoms with E-state index in [1.165, 1.54) is 23.0 Å². The number of hydrogen-bond donors (Lipinski definition) is 0. The molecule has 5 rings (SSSR count). The van der Waals surface area contributed by atoms with Gasteiger partial charge in [0.1, 0.15) is 5.58 Å². The van der Waals surface area contributed by atoms with E-state index in [-0.39, 0.29) is 11.2 Å². The highest BCUT2D eigenvalue weighted by Crippen LogP contribution is 2.32. The maximum atomic E-state index is 13.6. The van der Waals surface area contributed by atoms with Gasteiger partial charge < -0.3 is 4.42 Å². The summed E-state index contributed by atoms with van der Waals surface area (Å²) in [5, 5.41) is 1.01. The second kappa shape index (κ2) is 8.05. The molecule has 0 unspecified atom stereocenters. The molecular formula is C26H20N2O3S. The molecule has 0 radical (unpaired) electrons. The summed E-state index contributed by atoms with van der Waals surface area (Å²) in [6.07, 6.45) is 0. The Balaban J connectivity index is 1.63. The van der Waals surface area contributed by atoms with Gasteiger partial charge in [-0.2, -0.15) is 0 Å². The minimum Gasteiger partial charge on any atom is -0.451 e. The molecule has 0 N–H and O–H groups in total. The summed E-state index contributed by atoms with van der Waals surface area (Å²) in [6.45, 7) is 4.42. The lowest BCUT2D eigenvalue weighted by Crippen LogP contribution is -2.31. The Hall–Kier alpha value is -3.77. The van der Waals surface area contributed by atoms with E-state index in [9.17, 15) is 9.59 Å². The molecular weight excluding hydrogens is 420 g/mol. The number of carbonyl (C=O) groups is 1. The quantitative estimate of drug-likeness (QED) is 0.351. The zero-order chi connectivity index (χ0) is 22.2. The van der Waals surface area contributed by atoms with E-state index < -0.39 is 5.91 Å². The van der Waals surface area contributed by atoms with Gasteiger partial charge in [-0.1, -0.05) is 53.8 Å². The van der Waals surface area contributed by atoms with Crippen LogP contribution in [-0.2, 0) is 6.54 Å². The Kier molecular flexibility index (Phi) is 5.07. The Morgan fingerprint density at radius 1 is 0.969 bits per heavy atom. The zero-order valence-electron chi connectivity index (χ0n) is 17.7. The summed E-state index contributed by atoms with van der Waals surface area (Å²) in [7, 11) is 0. The molecule has 2 heterocycles. The van der Waals surface area contributed by atoms with Crippen molar-refractivity contribution in [2.75, 3.05) is 4.90 Å². The standard InChI is InChI=1S/C26H20N2O3S/c1-16-12-20-24(13-17(16)2)32-26(27-20)28(15-18-8-4-3-5-9-18)25(30)23-14-21(29)19-10-6-7-11-22(19)31-23/h3-14H,15H2,1-2H3. The van der Waals surface area contributed by atoms with E-state index in [2.05, 4.69) is 13.0 Å². The van der Waals surface area contributed by atoms with Crippen molar-refractivity contribution in [1.29, 1.82) is 0 Å². The van der Waals surface area contributed by atoms with Gasteiger partial charge in [0.2, 0.25) is 0 Å². The number of para-hydroxylation sites is 1. The third kappa shape index (κ3) is 3.69. The largest absolute Gasteiger partial charge is 0.451 e. The van der Waals surface area contributed by atoms with Gasteiger partial charge in [0.25, 0.3) is 5.91 Å². The van der Waals surface area contributed by atoms with Crippen LogP contribution in [0.2, 0.25) is 0 Å². The monoisotopic (exact) mass is 440 g/mol. The molecule has 0 saturated heterocycles. The number of amides is 1. The first-order chi connectivity index (χ1) is 15.5. The van der Waals surface area contributed by atoms with Gasteiger partial charge in [-0.05, 0) is 54.8 Å². The van der Waals surface area contributed by atoms with Crippen LogP contribution in [0.1, 0.15) is 27.2 Å². The lowest BCUT2D eigenvalue weighted by atomic mass is 10.1. The molecule has 0 fully saturated rings. The lowest BCUT2D eigenvalue weighted by Gasteiger charge is -2.19. The molecule has 0 bridgehead atoms. The van der Waals surface area contributed by atoms with Crippen LogP contribution in [-0.4, -0.2) is 10.9 Å². The molecule has 6 heteroatoms. The molecule has 1 amide bonds. The average molecular weight is 441 g/mol. The van der Waals surface area contributed by atoms with Crippen molar-refractivity contribution in [2.24, 2.45) is 0 Å². The molecule has 0 aliphatic carbocycles. The normalized spacial score (nSPS) is 11.2. The van der Waals surface area contributed by atoms with Crippen molar-refractivity contribution in [3.05, 3.63) is 105 Å². The zero-order valence-corrected chi connectivity index (χ0v) is 18.5. The van der Waals surface area contributed by atoms with Crippen molar-refractivity contribution in [1.82, 2.24) is 4.98 Å². The van der Waals surface area contributed by atoms with Crippen LogP contribution in [0.5, 0.6) is 0 Å². The highest BCUT2D eigenvalue weighted by Gasteiger charge is 2.25. The number of rotatable bonds is 4. The van der Waals surface area contributed by atoms with E-state index >= 15 is 0 Å². The summed E-state index contributed by atoms with van der Waals surface area (Å²) in [6, 6.07) is 22.0. The second-order valence-corrected chi connectivity index (χ2v) is 8.76. The molecule has 0 saturated carbocycles. The highest BCUT2D eigenvalue weighted by atomic mass is 32.1. The van der Waals surface area contributed by atoms with E-state index in [0.29, 0.717) is 22.6 Å². The van der Waals surface area contributed by atoms with Crippen LogP contribution < -0.4 is 10.3 Å². The number of thiazole rings is 1. The minimum absolute atomic E-state index is 0.00347. The topological polar surface area (TPSA) is 63.4 Å². The summed E-state index contributed by atoms with van der Waals surface area (Å²) in [5.41, 5.74) is 4.27. The first-order valence-corrected chi connectivity index (χ1v) is 11.1. The van der Waals surface area contributed by atoms with Crippen molar-refractivity contribution < 1.29 is 9.21 Å². The van der Waals surface area contributed by atoms with Crippen LogP contribution in [0, 0.1) is 13.8 Å². The number of nitrogens with zero attached hydrogens (tertiary/aromatic N) is 2. The first kappa shape index (κ1) is 20.2. The first-order valence-electron chi connectivity index (χ1n) is 10.3. The fourth-order valence-corrected chi connectivity index (χ4v) is 4.66. The number of fused-ring (bicyclic) bond motifs is 2. The fourth-order valence-electron chi connectivity index (χ4n) is 3.62. The van der Waals surface area contributed by atoms with Gasteiger partial charge >= 0.3 is 0 Å².